The number of nitrogens with one attached hydrogen (secondary N) is 1. The van der Waals surface area contributed by atoms with E-state index in [1.165, 1.54) is 12.1 Å². The molecule has 0 unspecified atom stereocenters. The van der Waals surface area contributed by atoms with Gasteiger partial charge >= 0.3 is 0 Å². The fraction of sp³-hybridized carbons (Fsp3) is 0.278. The van der Waals surface area contributed by atoms with Crippen LogP contribution in [0, 0.1) is 6.92 Å². The van der Waals surface area contributed by atoms with Gasteiger partial charge in [0.15, 0.2) is 9.84 Å². The highest BCUT2D eigenvalue weighted by Gasteiger charge is 2.20. The van der Waals surface area contributed by atoms with Crippen LogP contribution < -0.4 is 5.32 Å². The number of hydrogen-bond acceptors (Lipinski definition) is 3. The van der Waals surface area contributed by atoms with E-state index in [-0.39, 0.29) is 10.8 Å². The first-order valence-corrected chi connectivity index (χ1v) is 9.13. The molecule has 23 heavy (non-hydrogen) atoms. The van der Waals surface area contributed by atoms with Gasteiger partial charge in [0.1, 0.15) is 5.75 Å². The second-order valence-corrected chi connectivity index (χ2v) is 7.80. The standard InChI is InChI=1S/C18H21NO3S/c1-13(2)16-11-7-8-14(3)18(16)19-17(20)12-23(21,22)15-9-5-4-6-10-15/h4-11,13H,12H2,1-3H3,(H,19,20). The largest absolute Gasteiger partial charge is 0.325 e. The molecule has 0 aromatic heterocycles. The second-order valence-electron chi connectivity index (χ2n) is 5.81. The Hall–Kier alpha value is -2.14. The lowest BCUT2D eigenvalue weighted by Gasteiger charge is -2.16. The van der Waals surface area contributed by atoms with Crippen LogP contribution in [0.4, 0.5) is 5.69 Å². The summed E-state index contributed by atoms with van der Waals surface area (Å²) in [6.45, 7) is 5.96. The number of anilines is 1. The molecule has 0 bridgehead atoms. The summed E-state index contributed by atoms with van der Waals surface area (Å²) >= 11 is 0. The predicted molar refractivity (Wildman–Crippen MR) is 92.4 cm³/mol. The fourth-order valence-corrected chi connectivity index (χ4v) is 3.56. The van der Waals surface area contributed by atoms with E-state index in [9.17, 15) is 13.2 Å². The first kappa shape index (κ1) is 17.2. The molecule has 0 saturated heterocycles. The van der Waals surface area contributed by atoms with Crippen LogP contribution in [-0.2, 0) is 14.6 Å². The third-order valence-corrected chi connectivity index (χ3v) is 5.25. The zero-order valence-corrected chi connectivity index (χ0v) is 14.4. The van der Waals surface area contributed by atoms with E-state index >= 15 is 0 Å². The molecule has 2 rings (SSSR count). The van der Waals surface area contributed by atoms with Gasteiger partial charge in [-0.05, 0) is 36.1 Å². The Morgan fingerprint density at radius 3 is 2.30 bits per heavy atom. The zero-order chi connectivity index (χ0) is 17.0. The molecule has 4 nitrogen and oxygen atoms in total. The minimum atomic E-state index is -3.64. The smallest absolute Gasteiger partial charge is 0.239 e. The molecule has 0 radical (unpaired) electrons. The number of benzene rings is 2. The van der Waals surface area contributed by atoms with Gasteiger partial charge in [-0.3, -0.25) is 4.79 Å². The van der Waals surface area contributed by atoms with Crippen molar-refractivity contribution in [1.29, 1.82) is 0 Å². The third kappa shape index (κ3) is 4.20. The van der Waals surface area contributed by atoms with E-state index in [2.05, 4.69) is 5.32 Å². The van der Waals surface area contributed by atoms with Gasteiger partial charge in [0.05, 0.1) is 4.90 Å². The summed E-state index contributed by atoms with van der Waals surface area (Å²) in [5, 5.41) is 2.77. The van der Waals surface area contributed by atoms with Crippen LogP contribution in [0.25, 0.3) is 0 Å². The van der Waals surface area contributed by atoms with Crippen molar-refractivity contribution in [3.63, 3.8) is 0 Å². The van der Waals surface area contributed by atoms with Crippen molar-refractivity contribution in [2.24, 2.45) is 0 Å². The quantitative estimate of drug-likeness (QED) is 0.911. The lowest BCUT2D eigenvalue weighted by atomic mass is 9.98. The highest BCUT2D eigenvalue weighted by Crippen LogP contribution is 2.27. The molecule has 0 atom stereocenters. The molecule has 1 N–H and O–H groups in total. The van der Waals surface area contributed by atoms with Crippen LogP contribution in [0.5, 0.6) is 0 Å². The highest BCUT2D eigenvalue weighted by atomic mass is 32.2. The molecule has 2 aromatic carbocycles. The molecule has 0 saturated carbocycles. The first-order chi connectivity index (χ1) is 10.8. The number of aryl methyl sites for hydroxylation is 1. The monoisotopic (exact) mass is 331 g/mol. The van der Waals surface area contributed by atoms with Crippen LogP contribution in [-0.4, -0.2) is 20.1 Å². The van der Waals surface area contributed by atoms with Crippen molar-refractivity contribution in [3.05, 3.63) is 59.7 Å². The molecule has 5 heteroatoms. The summed E-state index contributed by atoms with van der Waals surface area (Å²) in [5.41, 5.74) is 2.62. The Morgan fingerprint density at radius 2 is 1.70 bits per heavy atom. The van der Waals surface area contributed by atoms with Crippen LogP contribution in [0.2, 0.25) is 0 Å². The summed E-state index contributed by atoms with van der Waals surface area (Å²) in [4.78, 5) is 12.4. The van der Waals surface area contributed by atoms with Gasteiger partial charge in [-0.15, -0.1) is 0 Å². The third-order valence-electron chi connectivity index (χ3n) is 3.61. The van der Waals surface area contributed by atoms with Crippen LogP contribution in [0.1, 0.15) is 30.9 Å². The van der Waals surface area contributed by atoms with Crippen molar-refractivity contribution < 1.29 is 13.2 Å². The van der Waals surface area contributed by atoms with Gasteiger partial charge in [-0.1, -0.05) is 50.2 Å². The van der Waals surface area contributed by atoms with Gasteiger partial charge in [0.25, 0.3) is 0 Å². The van der Waals surface area contributed by atoms with Crippen molar-refractivity contribution in [2.45, 2.75) is 31.6 Å². The average Bonchev–Trinajstić information content (AvgIpc) is 2.49. The summed E-state index contributed by atoms with van der Waals surface area (Å²) < 4.78 is 24.6. The summed E-state index contributed by atoms with van der Waals surface area (Å²) in [7, 11) is -3.64. The molecule has 0 aliphatic rings. The van der Waals surface area contributed by atoms with E-state index < -0.39 is 21.5 Å². The molecule has 1 amide bonds. The van der Waals surface area contributed by atoms with Crippen molar-refractivity contribution >= 4 is 21.4 Å². The highest BCUT2D eigenvalue weighted by molar-refractivity contribution is 7.92. The molecular weight excluding hydrogens is 310 g/mol. The Balaban J connectivity index is 2.21. The van der Waals surface area contributed by atoms with Gasteiger partial charge in [0.2, 0.25) is 5.91 Å². The number of para-hydroxylation sites is 1. The number of carbonyl (C=O) groups excluding carboxylic acids is 1. The number of rotatable bonds is 5. The molecular formula is C18H21NO3S. The van der Waals surface area contributed by atoms with Gasteiger partial charge in [0, 0.05) is 5.69 Å². The molecule has 0 heterocycles. The molecule has 0 aliphatic heterocycles. The van der Waals surface area contributed by atoms with Crippen LogP contribution in [0.3, 0.4) is 0 Å². The average molecular weight is 331 g/mol. The van der Waals surface area contributed by atoms with Gasteiger partial charge in [-0.25, -0.2) is 8.42 Å². The number of sulfone groups is 1. The Bertz CT molecular complexity index is 796. The zero-order valence-electron chi connectivity index (χ0n) is 13.5. The van der Waals surface area contributed by atoms with E-state index in [0.29, 0.717) is 5.69 Å². The lowest BCUT2D eigenvalue weighted by molar-refractivity contribution is -0.113. The van der Waals surface area contributed by atoms with E-state index in [0.717, 1.165) is 11.1 Å². The van der Waals surface area contributed by atoms with E-state index in [4.69, 9.17) is 0 Å². The summed E-state index contributed by atoms with van der Waals surface area (Å²) in [5.74, 6) is -0.857. The number of hydrogen-bond donors (Lipinski definition) is 1. The Morgan fingerprint density at radius 1 is 1.04 bits per heavy atom. The summed E-state index contributed by atoms with van der Waals surface area (Å²) in [6, 6.07) is 13.8. The number of carbonyl (C=O) groups is 1. The van der Waals surface area contributed by atoms with Crippen molar-refractivity contribution in [2.75, 3.05) is 11.1 Å². The molecule has 0 spiro atoms. The molecule has 122 valence electrons. The molecule has 0 fully saturated rings. The van der Waals surface area contributed by atoms with Gasteiger partial charge in [-0.2, -0.15) is 0 Å². The minimum absolute atomic E-state index is 0.156. The Kier molecular flexibility index (Phi) is 5.21. The second kappa shape index (κ2) is 6.96. The fourth-order valence-electron chi connectivity index (χ4n) is 2.40. The van der Waals surface area contributed by atoms with Crippen molar-refractivity contribution in [3.8, 4) is 0 Å². The molecule has 0 aliphatic carbocycles. The van der Waals surface area contributed by atoms with E-state index in [1.807, 2.05) is 39.0 Å². The normalized spacial score (nSPS) is 11.5. The lowest BCUT2D eigenvalue weighted by Crippen LogP contribution is -2.24. The van der Waals surface area contributed by atoms with Crippen LogP contribution >= 0.6 is 0 Å². The van der Waals surface area contributed by atoms with Crippen LogP contribution in [0.15, 0.2) is 53.4 Å². The topological polar surface area (TPSA) is 63.2 Å². The molecule has 2 aromatic rings. The first-order valence-electron chi connectivity index (χ1n) is 7.48. The maximum Gasteiger partial charge on any atom is 0.239 e. The van der Waals surface area contributed by atoms with Crippen molar-refractivity contribution in [1.82, 2.24) is 0 Å². The maximum absolute atomic E-state index is 12.3. The minimum Gasteiger partial charge on any atom is -0.325 e. The SMILES string of the molecule is Cc1cccc(C(C)C)c1NC(=O)CS(=O)(=O)c1ccccc1. The number of amides is 1. The predicted octanol–water partition coefficient (Wildman–Crippen LogP) is 3.53. The Labute approximate surface area is 137 Å². The van der Waals surface area contributed by atoms with E-state index in [1.54, 1.807) is 18.2 Å². The van der Waals surface area contributed by atoms with Gasteiger partial charge < -0.3 is 5.32 Å². The maximum atomic E-state index is 12.3. The summed E-state index contributed by atoms with van der Waals surface area (Å²) in [6.07, 6.45) is 0.